The highest BCUT2D eigenvalue weighted by atomic mass is 79.9. The third kappa shape index (κ3) is 5.43. The predicted octanol–water partition coefficient (Wildman–Crippen LogP) is 4.33. The number of rotatable bonds is 8. The van der Waals surface area contributed by atoms with Crippen LogP contribution in [-0.4, -0.2) is 71.9 Å². The molecule has 10 nitrogen and oxygen atoms in total. The largest absolute Gasteiger partial charge is 0.491 e. The number of amides is 2. The molecular formula is C34H40BrN3O7Si. The van der Waals surface area contributed by atoms with Gasteiger partial charge in [-0.3, -0.25) is 19.0 Å². The van der Waals surface area contributed by atoms with Gasteiger partial charge in [0.25, 0.3) is 11.5 Å². The van der Waals surface area contributed by atoms with E-state index in [4.69, 9.17) is 9.47 Å². The lowest BCUT2D eigenvalue weighted by molar-refractivity contribution is -0.150. The minimum atomic E-state index is -2.95. The number of anilines is 1. The zero-order valence-electron chi connectivity index (χ0n) is 26.5. The third-order valence-corrected chi connectivity index (χ3v) is 12.9. The molecule has 1 spiro atoms. The number of hydrogen-bond donors (Lipinski definition) is 2. The van der Waals surface area contributed by atoms with Crippen LogP contribution in [0.2, 0.25) is 18.6 Å². The number of aromatic nitrogens is 1. The van der Waals surface area contributed by atoms with Crippen molar-refractivity contribution in [1.82, 2.24) is 9.47 Å². The monoisotopic (exact) mass is 709 g/mol. The fourth-order valence-electron chi connectivity index (χ4n) is 7.83. The van der Waals surface area contributed by atoms with Gasteiger partial charge in [0, 0.05) is 39.9 Å². The van der Waals surface area contributed by atoms with Crippen LogP contribution in [0.25, 0.3) is 5.69 Å². The highest BCUT2D eigenvalue weighted by Crippen LogP contribution is 2.60. The summed E-state index contributed by atoms with van der Waals surface area (Å²) in [6.45, 7) is 6.39. The molecule has 46 heavy (non-hydrogen) atoms. The standard InChI is InChI=1S/C34H40BrN3O7Si/c1-21-31(46(3,4)43)29(18-30(40)36-15-5-7-25(36)20-39)45-34(21)26-17-23(35)11-14-27(26)38(33(34)42)19-22-9-12-24(13-10-22)37-16-6-8-28(44-2)32(37)41/h6,8-14,16-17,21,25,29,31,39,43H,5,7,15,18-20H2,1-4H3/t21-,25+,29+,31-,34+/m1/s1. The van der Waals surface area contributed by atoms with Crippen molar-refractivity contribution in [2.45, 2.75) is 69.1 Å². The Morgan fingerprint density at radius 3 is 2.57 bits per heavy atom. The van der Waals surface area contributed by atoms with Crippen molar-refractivity contribution in [3.05, 3.63) is 86.7 Å². The molecular weight excluding hydrogens is 670 g/mol. The summed E-state index contributed by atoms with van der Waals surface area (Å²) in [5, 5.41) is 9.83. The molecule has 2 amide bonds. The van der Waals surface area contributed by atoms with Crippen molar-refractivity contribution in [2.75, 3.05) is 25.2 Å². The Labute approximate surface area is 277 Å². The van der Waals surface area contributed by atoms with E-state index in [0.717, 1.165) is 28.6 Å². The summed E-state index contributed by atoms with van der Waals surface area (Å²) >= 11 is 3.59. The van der Waals surface area contributed by atoms with Gasteiger partial charge in [-0.2, -0.15) is 0 Å². The maximum atomic E-state index is 14.7. The first-order valence-electron chi connectivity index (χ1n) is 15.7. The lowest BCUT2D eigenvalue weighted by Crippen LogP contribution is -2.46. The molecule has 244 valence electrons. The summed E-state index contributed by atoms with van der Waals surface area (Å²) in [5.74, 6) is -0.513. The van der Waals surface area contributed by atoms with Crippen LogP contribution < -0.4 is 15.2 Å². The molecule has 3 aliphatic rings. The van der Waals surface area contributed by atoms with Gasteiger partial charge in [0.15, 0.2) is 19.7 Å². The maximum absolute atomic E-state index is 14.7. The van der Waals surface area contributed by atoms with Gasteiger partial charge in [0.1, 0.15) is 0 Å². The molecule has 0 aliphatic carbocycles. The number of ether oxygens (including phenoxy) is 2. The fourth-order valence-corrected chi connectivity index (χ4v) is 10.7. The SMILES string of the molecule is COc1cccn(-c2ccc(CN3C(=O)[C@@]4(O[C@@H](CC(=O)N5CCC[C@H]5CO)[C@H]([Si](C)(C)O)[C@H]4C)c4cc(Br)ccc43)cc2)c1=O. The second-order valence-electron chi connectivity index (χ2n) is 13.1. The molecule has 5 atom stereocenters. The van der Waals surface area contributed by atoms with Crippen LogP contribution in [0.1, 0.15) is 37.3 Å². The molecule has 2 saturated heterocycles. The molecule has 4 heterocycles. The number of pyridine rings is 1. The lowest BCUT2D eigenvalue weighted by Gasteiger charge is -2.32. The normalized spacial score (nSPS) is 25.8. The minimum absolute atomic E-state index is 0.0337. The van der Waals surface area contributed by atoms with E-state index in [1.54, 1.807) is 28.1 Å². The maximum Gasteiger partial charge on any atom is 0.297 e. The Kier molecular flexibility index (Phi) is 8.79. The number of aliphatic hydroxyl groups is 1. The molecule has 3 aromatic rings. The van der Waals surface area contributed by atoms with Crippen molar-refractivity contribution in [1.29, 1.82) is 0 Å². The quantitative estimate of drug-likeness (QED) is 0.334. The molecule has 0 radical (unpaired) electrons. The number of carbonyl (C=O) groups excluding carboxylic acids is 2. The molecule has 0 bridgehead atoms. The summed E-state index contributed by atoms with van der Waals surface area (Å²) in [6, 6.07) is 16.3. The van der Waals surface area contributed by atoms with Crippen LogP contribution in [-0.2, 0) is 26.5 Å². The van der Waals surface area contributed by atoms with Gasteiger partial charge in [-0.15, -0.1) is 0 Å². The number of carbonyl (C=O) groups is 2. The van der Waals surface area contributed by atoms with E-state index in [1.807, 2.05) is 62.5 Å². The lowest BCUT2D eigenvalue weighted by atomic mass is 9.82. The first kappa shape index (κ1) is 32.6. The number of methoxy groups -OCH3 is 1. The zero-order chi connectivity index (χ0) is 33.0. The molecule has 6 rings (SSSR count). The van der Waals surface area contributed by atoms with Crippen molar-refractivity contribution in [2.24, 2.45) is 5.92 Å². The second-order valence-corrected chi connectivity index (χ2v) is 18.0. The number of aliphatic hydroxyl groups excluding tert-OH is 1. The van der Waals surface area contributed by atoms with Gasteiger partial charge in [-0.1, -0.05) is 35.0 Å². The Hall–Kier alpha value is -3.29. The van der Waals surface area contributed by atoms with Crippen LogP contribution in [0.3, 0.4) is 0 Å². The number of benzene rings is 2. The smallest absolute Gasteiger partial charge is 0.297 e. The van der Waals surface area contributed by atoms with Gasteiger partial charge < -0.3 is 29.2 Å². The van der Waals surface area contributed by atoms with Gasteiger partial charge in [-0.25, -0.2) is 0 Å². The number of fused-ring (bicyclic) bond motifs is 2. The summed E-state index contributed by atoms with van der Waals surface area (Å²) in [6.07, 6.45) is 2.64. The van der Waals surface area contributed by atoms with E-state index in [0.29, 0.717) is 17.8 Å². The Morgan fingerprint density at radius 2 is 1.89 bits per heavy atom. The first-order valence-corrected chi connectivity index (χ1v) is 19.5. The molecule has 12 heteroatoms. The van der Waals surface area contributed by atoms with E-state index < -0.39 is 25.9 Å². The van der Waals surface area contributed by atoms with E-state index in [1.165, 1.54) is 11.7 Å². The molecule has 0 unspecified atom stereocenters. The average molecular weight is 711 g/mol. The topological polar surface area (TPSA) is 122 Å². The minimum Gasteiger partial charge on any atom is -0.491 e. The van der Waals surface area contributed by atoms with Gasteiger partial charge in [0.2, 0.25) is 5.91 Å². The summed E-state index contributed by atoms with van der Waals surface area (Å²) in [7, 11) is -1.49. The van der Waals surface area contributed by atoms with Gasteiger partial charge in [-0.05, 0) is 74.0 Å². The second kappa shape index (κ2) is 12.4. The summed E-state index contributed by atoms with van der Waals surface area (Å²) < 4.78 is 14.3. The van der Waals surface area contributed by atoms with Crippen molar-refractivity contribution < 1.29 is 29.0 Å². The molecule has 3 aliphatic heterocycles. The number of halogens is 1. The zero-order valence-corrected chi connectivity index (χ0v) is 29.1. The average Bonchev–Trinajstić information content (AvgIpc) is 3.68. The number of hydrogen-bond acceptors (Lipinski definition) is 7. The molecule has 2 N–H and O–H groups in total. The van der Waals surface area contributed by atoms with Crippen LogP contribution in [0.5, 0.6) is 5.75 Å². The molecule has 0 saturated carbocycles. The van der Waals surface area contributed by atoms with Crippen molar-refractivity contribution >= 4 is 41.7 Å². The summed E-state index contributed by atoms with van der Waals surface area (Å²) in [4.78, 5) is 56.0. The van der Waals surface area contributed by atoms with Crippen LogP contribution in [0.4, 0.5) is 5.69 Å². The Bertz CT molecular complexity index is 1710. The van der Waals surface area contributed by atoms with E-state index in [9.17, 15) is 24.3 Å². The Morgan fingerprint density at radius 1 is 1.15 bits per heavy atom. The highest BCUT2D eigenvalue weighted by molar-refractivity contribution is 9.10. The summed E-state index contributed by atoms with van der Waals surface area (Å²) in [5.41, 5.74) is 0.924. The molecule has 2 fully saturated rings. The number of likely N-dealkylation sites (tertiary alicyclic amines) is 1. The van der Waals surface area contributed by atoms with Crippen LogP contribution >= 0.6 is 15.9 Å². The van der Waals surface area contributed by atoms with Crippen LogP contribution in [0.15, 0.2) is 70.1 Å². The predicted molar refractivity (Wildman–Crippen MR) is 180 cm³/mol. The first-order chi connectivity index (χ1) is 21.9. The molecule has 2 aromatic carbocycles. The van der Waals surface area contributed by atoms with Crippen LogP contribution in [0, 0.1) is 5.92 Å². The van der Waals surface area contributed by atoms with E-state index in [2.05, 4.69) is 15.9 Å². The molecule has 1 aromatic heterocycles. The third-order valence-electron chi connectivity index (χ3n) is 9.92. The number of nitrogens with zero attached hydrogens (tertiary/aromatic N) is 3. The van der Waals surface area contributed by atoms with Gasteiger partial charge in [0.05, 0.1) is 44.5 Å². The van der Waals surface area contributed by atoms with Crippen molar-refractivity contribution in [3.8, 4) is 11.4 Å². The Balaban J connectivity index is 1.33. The fraction of sp³-hybridized carbons (Fsp3) is 0.441. The van der Waals surface area contributed by atoms with Crippen molar-refractivity contribution in [3.63, 3.8) is 0 Å². The highest BCUT2D eigenvalue weighted by Gasteiger charge is 2.66. The van der Waals surface area contributed by atoms with Gasteiger partial charge >= 0.3 is 0 Å². The van der Waals surface area contributed by atoms with E-state index >= 15 is 0 Å². The van der Waals surface area contributed by atoms with E-state index in [-0.39, 0.29) is 54.3 Å².